The molecule has 3 rings (SSSR count). The van der Waals surface area contributed by atoms with E-state index >= 15 is 0 Å². The summed E-state index contributed by atoms with van der Waals surface area (Å²) in [6.07, 6.45) is 2.29. The van der Waals surface area contributed by atoms with Crippen LogP contribution in [0.2, 0.25) is 0 Å². The zero-order chi connectivity index (χ0) is 14.8. The Morgan fingerprint density at radius 3 is 2.71 bits per heavy atom. The van der Waals surface area contributed by atoms with Crippen molar-refractivity contribution in [2.24, 2.45) is 17.6 Å². The standard InChI is InChI=1S/C17H26N2O2/c1-12-8-14(12)10-19(2)11-15(18)13-4-5-16-17(9-13)21-7-3-6-20-16/h4-5,9,12,14-15H,3,6-8,10-11,18H2,1-2H3. The zero-order valence-electron chi connectivity index (χ0n) is 13.0. The normalized spacial score (nSPS) is 25.5. The fourth-order valence-corrected chi connectivity index (χ4v) is 2.98. The molecule has 0 radical (unpaired) electrons. The molecule has 4 heteroatoms. The molecule has 21 heavy (non-hydrogen) atoms. The third kappa shape index (κ3) is 3.69. The van der Waals surface area contributed by atoms with Gasteiger partial charge in [-0.25, -0.2) is 0 Å². The van der Waals surface area contributed by atoms with Gasteiger partial charge in [-0.05, 0) is 43.0 Å². The molecule has 1 fully saturated rings. The zero-order valence-corrected chi connectivity index (χ0v) is 13.0. The van der Waals surface area contributed by atoms with Crippen LogP contribution in [0.15, 0.2) is 18.2 Å². The maximum atomic E-state index is 6.36. The molecule has 1 saturated carbocycles. The first kappa shape index (κ1) is 14.7. The molecule has 2 N–H and O–H groups in total. The number of benzene rings is 1. The van der Waals surface area contributed by atoms with E-state index < -0.39 is 0 Å². The predicted octanol–water partition coefficient (Wildman–Crippen LogP) is 2.44. The molecule has 3 unspecified atom stereocenters. The minimum absolute atomic E-state index is 0.0150. The molecule has 0 spiro atoms. The number of nitrogens with zero attached hydrogens (tertiary/aromatic N) is 1. The van der Waals surface area contributed by atoms with Gasteiger partial charge >= 0.3 is 0 Å². The van der Waals surface area contributed by atoms with Gasteiger partial charge in [-0.15, -0.1) is 0 Å². The molecular weight excluding hydrogens is 264 g/mol. The Morgan fingerprint density at radius 2 is 2.00 bits per heavy atom. The van der Waals surface area contributed by atoms with Gasteiger partial charge in [0, 0.05) is 25.6 Å². The first-order valence-electron chi connectivity index (χ1n) is 7.97. The van der Waals surface area contributed by atoms with E-state index in [1.807, 2.05) is 12.1 Å². The average Bonchev–Trinajstić information content (AvgIpc) is 3.19. The van der Waals surface area contributed by atoms with E-state index in [0.717, 1.165) is 55.0 Å². The molecular formula is C17H26N2O2. The summed E-state index contributed by atoms with van der Waals surface area (Å²) in [5, 5.41) is 0. The number of fused-ring (bicyclic) bond motifs is 1. The number of ether oxygens (including phenoxy) is 2. The van der Waals surface area contributed by atoms with Crippen LogP contribution in [0.25, 0.3) is 0 Å². The predicted molar refractivity (Wildman–Crippen MR) is 83.7 cm³/mol. The number of likely N-dealkylation sites (N-methyl/N-ethyl adjacent to an activating group) is 1. The quantitative estimate of drug-likeness (QED) is 0.905. The number of hydrogen-bond donors (Lipinski definition) is 1. The number of rotatable bonds is 5. The minimum atomic E-state index is 0.0150. The summed E-state index contributed by atoms with van der Waals surface area (Å²) >= 11 is 0. The highest BCUT2D eigenvalue weighted by atomic mass is 16.5. The topological polar surface area (TPSA) is 47.7 Å². The van der Waals surface area contributed by atoms with E-state index in [2.05, 4.69) is 24.9 Å². The van der Waals surface area contributed by atoms with Crippen molar-refractivity contribution < 1.29 is 9.47 Å². The molecule has 1 aromatic rings. The lowest BCUT2D eigenvalue weighted by molar-refractivity contribution is 0.294. The van der Waals surface area contributed by atoms with Crippen LogP contribution in [0.5, 0.6) is 11.5 Å². The molecule has 116 valence electrons. The van der Waals surface area contributed by atoms with Gasteiger partial charge in [-0.2, -0.15) is 0 Å². The second-order valence-electron chi connectivity index (χ2n) is 6.56. The summed E-state index contributed by atoms with van der Waals surface area (Å²) in [5.41, 5.74) is 7.48. The van der Waals surface area contributed by atoms with Crippen LogP contribution in [0.4, 0.5) is 0 Å². The highest BCUT2D eigenvalue weighted by Crippen LogP contribution is 2.38. The first-order chi connectivity index (χ1) is 10.1. The summed E-state index contributed by atoms with van der Waals surface area (Å²) in [4.78, 5) is 2.35. The monoisotopic (exact) mass is 290 g/mol. The summed E-state index contributed by atoms with van der Waals surface area (Å²) in [6.45, 7) is 5.79. The second kappa shape index (κ2) is 6.24. The SMILES string of the molecule is CC1CC1CN(C)CC(N)c1ccc2c(c1)OCCCO2. The van der Waals surface area contributed by atoms with Gasteiger partial charge in [0.15, 0.2) is 11.5 Å². The van der Waals surface area contributed by atoms with Crippen LogP contribution in [-0.4, -0.2) is 38.3 Å². The van der Waals surface area contributed by atoms with Gasteiger partial charge in [0.05, 0.1) is 13.2 Å². The second-order valence-corrected chi connectivity index (χ2v) is 6.56. The number of hydrogen-bond acceptors (Lipinski definition) is 4. The third-order valence-electron chi connectivity index (χ3n) is 4.53. The maximum Gasteiger partial charge on any atom is 0.161 e. The Balaban J connectivity index is 1.61. The Morgan fingerprint density at radius 1 is 1.29 bits per heavy atom. The van der Waals surface area contributed by atoms with Gasteiger partial charge in [0.25, 0.3) is 0 Å². The Hall–Kier alpha value is -1.26. The molecule has 4 nitrogen and oxygen atoms in total. The molecule has 0 aromatic heterocycles. The van der Waals surface area contributed by atoms with E-state index in [1.54, 1.807) is 0 Å². The van der Waals surface area contributed by atoms with Crippen molar-refractivity contribution in [1.29, 1.82) is 0 Å². The van der Waals surface area contributed by atoms with Crippen LogP contribution < -0.4 is 15.2 Å². The van der Waals surface area contributed by atoms with E-state index in [-0.39, 0.29) is 6.04 Å². The van der Waals surface area contributed by atoms with Crippen LogP contribution in [0.3, 0.4) is 0 Å². The fraction of sp³-hybridized carbons (Fsp3) is 0.647. The van der Waals surface area contributed by atoms with E-state index in [0.29, 0.717) is 6.61 Å². The third-order valence-corrected chi connectivity index (χ3v) is 4.53. The molecule has 0 amide bonds. The van der Waals surface area contributed by atoms with Crippen molar-refractivity contribution in [2.75, 3.05) is 33.4 Å². The van der Waals surface area contributed by atoms with Crippen LogP contribution in [0, 0.1) is 11.8 Å². The average molecular weight is 290 g/mol. The molecule has 0 saturated heterocycles. The summed E-state index contributed by atoms with van der Waals surface area (Å²) in [5.74, 6) is 3.43. The van der Waals surface area contributed by atoms with Crippen molar-refractivity contribution >= 4 is 0 Å². The van der Waals surface area contributed by atoms with Gasteiger partial charge in [-0.3, -0.25) is 0 Å². The van der Waals surface area contributed by atoms with Crippen molar-refractivity contribution in [3.8, 4) is 11.5 Å². The lowest BCUT2D eigenvalue weighted by Gasteiger charge is -2.22. The van der Waals surface area contributed by atoms with Crippen molar-refractivity contribution in [2.45, 2.75) is 25.8 Å². The fourth-order valence-electron chi connectivity index (χ4n) is 2.98. The van der Waals surface area contributed by atoms with E-state index in [4.69, 9.17) is 15.2 Å². The Bertz CT molecular complexity index is 492. The molecule has 1 aliphatic carbocycles. The molecule has 1 heterocycles. The largest absolute Gasteiger partial charge is 0.490 e. The Labute approximate surface area is 127 Å². The lowest BCUT2D eigenvalue weighted by atomic mass is 10.1. The summed E-state index contributed by atoms with van der Waals surface area (Å²) in [7, 11) is 2.16. The van der Waals surface area contributed by atoms with Gasteiger partial charge < -0.3 is 20.1 Å². The smallest absolute Gasteiger partial charge is 0.161 e. The van der Waals surface area contributed by atoms with Crippen molar-refractivity contribution in [3.05, 3.63) is 23.8 Å². The Kier molecular flexibility index (Phi) is 4.36. The molecule has 1 aliphatic heterocycles. The van der Waals surface area contributed by atoms with Crippen molar-refractivity contribution in [3.63, 3.8) is 0 Å². The first-order valence-corrected chi connectivity index (χ1v) is 7.97. The molecule has 3 atom stereocenters. The van der Waals surface area contributed by atoms with Crippen LogP contribution >= 0.6 is 0 Å². The van der Waals surface area contributed by atoms with E-state index in [1.165, 1.54) is 6.42 Å². The molecule has 0 bridgehead atoms. The summed E-state index contributed by atoms with van der Waals surface area (Å²) in [6, 6.07) is 6.10. The van der Waals surface area contributed by atoms with Crippen LogP contribution in [-0.2, 0) is 0 Å². The summed E-state index contributed by atoms with van der Waals surface area (Å²) < 4.78 is 11.4. The number of nitrogens with two attached hydrogens (primary N) is 1. The van der Waals surface area contributed by atoms with Gasteiger partial charge in [-0.1, -0.05) is 13.0 Å². The van der Waals surface area contributed by atoms with E-state index in [9.17, 15) is 0 Å². The maximum absolute atomic E-state index is 6.36. The highest BCUT2D eigenvalue weighted by Gasteiger charge is 2.33. The van der Waals surface area contributed by atoms with Crippen LogP contribution in [0.1, 0.15) is 31.4 Å². The molecule has 1 aromatic carbocycles. The minimum Gasteiger partial charge on any atom is -0.490 e. The van der Waals surface area contributed by atoms with Gasteiger partial charge in [0.2, 0.25) is 0 Å². The highest BCUT2D eigenvalue weighted by molar-refractivity contribution is 5.44. The molecule has 2 aliphatic rings. The van der Waals surface area contributed by atoms with Gasteiger partial charge in [0.1, 0.15) is 0 Å². The lowest BCUT2D eigenvalue weighted by Crippen LogP contribution is -2.30. The van der Waals surface area contributed by atoms with Crippen molar-refractivity contribution in [1.82, 2.24) is 4.90 Å².